The third kappa shape index (κ3) is 5.76. The van der Waals surface area contributed by atoms with Gasteiger partial charge in [0.2, 0.25) is 11.8 Å². The normalized spacial score (nSPS) is 15.0. The molecule has 0 unspecified atom stereocenters. The lowest BCUT2D eigenvalue weighted by Gasteiger charge is -2.33. The Bertz CT molecular complexity index is 839. The second kappa shape index (κ2) is 9.28. The van der Waals surface area contributed by atoms with Crippen molar-refractivity contribution in [3.05, 3.63) is 71.6 Å². The maximum atomic E-state index is 12.9. The third-order valence-electron chi connectivity index (χ3n) is 4.67. The van der Waals surface area contributed by atoms with Crippen LogP contribution in [-0.4, -0.2) is 54.3 Å². The highest BCUT2D eigenvalue weighted by Crippen LogP contribution is 2.10. The van der Waals surface area contributed by atoms with Crippen LogP contribution in [0.25, 0.3) is 6.08 Å². The van der Waals surface area contributed by atoms with Crippen molar-refractivity contribution in [3.63, 3.8) is 0 Å². The molecule has 0 saturated carbocycles. The molecule has 0 atom stereocenters. The number of hydrogen-bond donors (Lipinski definition) is 1. The fraction of sp³-hybridized carbons (Fsp3) is 0.273. The van der Waals surface area contributed by atoms with E-state index in [-0.39, 0.29) is 24.2 Å². The Kier molecular flexibility index (Phi) is 6.55. The van der Waals surface area contributed by atoms with Crippen molar-refractivity contribution in [1.29, 1.82) is 0 Å². The molecule has 5 nitrogen and oxygen atoms in total. The van der Waals surface area contributed by atoms with E-state index in [4.69, 9.17) is 0 Å². The molecule has 28 heavy (non-hydrogen) atoms. The lowest BCUT2D eigenvalue weighted by Crippen LogP contribution is -2.50. The van der Waals surface area contributed by atoms with Gasteiger partial charge in [-0.3, -0.25) is 14.5 Å². The molecule has 6 heteroatoms. The highest BCUT2D eigenvalue weighted by molar-refractivity contribution is 5.93. The maximum absolute atomic E-state index is 12.9. The van der Waals surface area contributed by atoms with E-state index in [0.717, 1.165) is 5.56 Å². The highest BCUT2D eigenvalue weighted by Gasteiger charge is 2.21. The molecule has 1 N–H and O–H groups in total. The van der Waals surface area contributed by atoms with E-state index in [2.05, 4.69) is 5.32 Å². The molecule has 1 saturated heterocycles. The van der Waals surface area contributed by atoms with Gasteiger partial charge in [0.1, 0.15) is 5.82 Å². The lowest BCUT2D eigenvalue weighted by atomic mass is 10.1. The number of piperazine rings is 1. The fourth-order valence-corrected chi connectivity index (χ4v) is 3.01. The molecule has 1 aliphatic rings. The zero-order chi connectivity index (χ0) is 19.9. The second-order valence-corrected chi connectivity index (χ2v) is 6.90. The van der Waals surface area contributed by atoms with Crippen molar-refractivity contribution in [1.82, 2.24) is 9.80 Å². The van der Waals surface area contributed by atoms with Crippen LogP contribution in [0.1, 0.15) is 11.1 Å². The number of carbonyl (C=O) groups excluding carboxylic acids is 2. The van der Waals surface area contributed by atoms with Crippen molar-refractivity contribution in [2.24, 2.45) is 0 Å². The van der Waals surface area contributed by atoms with Crippen molar-refractivity contribution in [2.45, 2.75) is 6.92 Å². The van der Waals surface area contributed by atoms with Gasteiger partial charge in [0.25, 0.3) is 0 Å². The van der Waals surface area contributed by atoms with E-state index in [0.29, 0.717) is 31.9 Å². The quantitative estimate of drug-likeness (QED) is 0.811. The molecular weight excluding hydrogens is 357 g/mol. The zero-order valence-electron chi connectivity index (χ0n) is 15.9. The van der Waals surface area contributed by atoms with Crippen molar-refractivity contribution in [2.75, 3.05) is 38.0 Å². The van der Waals surface area contributed by atoms with Crippen LogP contribution in [0.3, 0.4) is 0 Å². The maximum Gasteiger partial charge on any atom is 0.246 e. The Labute approximate surface area is 164 Å². The van der Waals surface area contributed by atoms with Gasteiger partial charge in [-0.2, -0.15) is 0 Å². The Morgan fingerprint density at radius 2 is 1.64 bits per heavy atom. The lowest BCUT2D eigenvalue weighted by molar-refractivity contribution is -0.127. The SMILES string of the molecule is Cc1ccc(/C=C/C(=O)N2CCN(CC(=O)Nc3ccc(F)cc3)CC2)cc1. The molecule has 1 fully saturated rings. The molecule has 3 rings (SSSR count). The van der Waals surface area contributed by atoms with E-state index in [1.165, 1.54) is 29.8 Å². The number of carbonyl (C=O) groups is 2. The third-order valence-corrected chi connectivity index (χ3v) is 4.67. The van der Waals surface area contributed by atoms with Crippen LogP contribution in [0.15, 0.2) is 54.6 Å². The molecule has 1 aliphatic heterocycles. The van der Waals surface area contributed by atoms with Gasteiger partial charge in [0.05, 0.1) is 6.54 Å². The molecule has 0 aliphatic carbocycles. The van der Waals surface area contributed by atoms with Gasteiger partial charge in [-0.25, -0.2) is 4.39 Å². The summed E-state index contributed by atoms with van der Waals surface area (Å²) in [5.74, 6) is -0.503. The van der Waals surface area contributed by atoms with E-state index in [9.17, 15) is 14.0 Å². The topological polar surface area (TPSA) is 52.7 Å². The van der Waals surface area contributed by atoms with Crippen molar-refractivity contribution >= 4 is 23.6 Å². The first-order valence-electron chi connectivity index (χ1n) is 9.31. The standard InChI is InChI=1S/C22H24FN3O2/c1-17-2-4-18(5-3-17)6-11-22(28)26-14-12-25(13-15-26)16-21(27)24-20-9-7-19(23)8-10-20/h2-11H,12-16H2,1H3,(H,24,27)/b11-6+. The minimum Gasteiger partial charge on any atom is -0.337 e. The minimum absolute atomic E-state index is 0.0176. The molecule has 146 valence electrons. The Morgan fingerprint density at radius 1 is 1.00 bits per heavy atom. The summed E-state index contributed by atoms with van der Waals surface area (Å²) in [4.78, 5) is 28.3. The van der Waals surface area contributed by atoms with Crippen LogP contribution < -0.4 is 5.32 Å². The van der Waals surface area contributed by atoms with Crippen LogP contribution in [-0.2, 0) is 9.59 Å². The Balaban J connectivity index is 1.43. The Hall–Kier alpha value is -2.99. The van der Waals surface area contributed by atoms with Gasteiger partial charge in [-0.15, -0.1) is 0 Å². The molecule has 0 spiro atoms. The summed E-state index contributed by atoms with van der Waals surface area (Å²) in [6.07, 6.45) is 3.42. The second-order valence-electron chi connectivity index (χ2n) is 6.90. The van der Waals surface area contributed by atoms with Crippen molar-refractivity contribution in [3.8, 4) is 0 Å². The number of anilines is 1. The van der Waals surface area contributed by atoms with Crippen LogP contribution in [0.5, 0.6) is 0 Å². The first-order chi connectivity index (χ1) is 13.5. The van der Waals surface area contributed by atoms with Gasteiger partial charge in [-0.05, 0) is 42.8 Å². The van der Waals surface area contributed by atoms with Crippen molar-refractivity contribution < 1.29 is 14.0 Å². The van der Waals surface area contributed by atoms with E-state index in [1.807, 2.05) is 42.2 Å². The average Bonchev–Trinajstić information content (AvgIpc) is 2.69. The predicted molar refractivity (Wildman–Crippen MR) is 108 cm³/mol. The molecule has 2 aromatic carbocycles. The number of halogens is 1. The first-order valence-corrected chi connectivity index (χ1v) is 9.31. The number of rotatable bonds is 5. The zero-order valence-corrected chi connectivity index (χ0v) is 15.9. The van der Waals surface area contributed by atoms with Gasteiger partial charge in [-0.1, -0.05) is 29.8 Å². The van der Waals surface area contributed by atoms with Crippen LogP contribution >= 0.6 is 0 Å². The average molecular weight is 381 g/mol. The number of benzene rings is 2. The number of hydrogen-bond acceptors (Lipinski definition) is 3. The molecule has 2 amide bonds. The molecule has 2 aromatic rings. The summed E-state index contributed by atoms with van der Waals surface area (Å²) in [5, 5.41) is 2.75. The summed E-state index contributed by atoms with van der Waals surface area (Å²) >= 11 is 0. The summed E-state index contributed by atoms with van der Waals surface area (Å²) in [5.41, 5.74) is 2.75. The number of aryl methyl sites for hydroxylation is 1. The minimum atomic E-state index is -0.338. The van der Waals surface area contributed by atoms with Crippen LogP contribution in [0, 0.1) is 12.7 Å². The summed E-state index contributed by atoms with van der Waals surface area (Å²) in [6.45, 7) is 4.72. The molecular formula is C22H24FN3O2. The Morgan fingerprint density at radius 3 is 2.29 bits per heavy atom. The molecule has 1 heterocycles. The van der Waals surface area contributed by atoms with Gasteiger partial charge >= 0.3 is 0 Å². The van der Waals surface area contributed by atoms with Gasteiger partial charge in [0, 0.05) is 37.9 Å². The van der Waals surface area contributed by atoms with Crippen LogP contribution in [0.4, 0.5) is 10.1 Å². The molecule has 0 radical (unpaired) electrons. The number of amides is 2. The highest BCUT2D eigenvalue weighted by atomic mass is 19.1. The molecule has 0 aromatic heterocycles. The fourth-order valence-electron chi connectivity index (χ4n) is 3.01. The van der Waals surface area contributed by atoms with Crippen LogP contribution in [0.2, 0.25) is 0 Å². The summed E-state index contributed by atoms with van der Waals surface area (Å²) < 4.78 is 12.9. The number of nitrogens with one attached hydrogen (secondary N) is 1. The van der Waals surface area contributed by atoms with Gasteiger partial charge in [0.15, 0.2) is 0 Å². The van der Waals surface area contributed by atoms with E-state index < -0.39 is 0 Å². The summed E-state index contributed by atoms with van der Waals surface area (Å²) in [7, 11) is 0. The summed E-state index contributed by atoms with van der Waals surface area (Å²) in [6, 6.07) is 13.7. The first kappa shape index (κ1) is 19.8. The number of nitrogens with zero attached hydrogens (tertiary/aromatic N) is 2. The van der Waals surface area contributed by atoms with Gasteiger partial charge < -0.3 is 10.2 Å². The largest absolute Gasteiger partial charge is 0.337 e. The molecule has 0 bridgehead atoms. The predicted octanol–water partition coefficient (Wildman–Crippen LogP) is 2.93. The smallest absolute Gasteiger partial charge is 0.246 e. The monoisotopic (exact) mass is 381 g/mol. The van der Waals surface area contributed by atoms with E-state index in [1.54, 1.807) is 11.0 Å². The van der Waals surface area contributed by atoms with E-state index >= 15 is 0 Å².